The van der Waals surface area contributed by atoms with Gasteiger partial charge in [-0.2, -0.15) is 0 Å². The average molecular weight is 341 g/mol. The van der Waals surface area contributed by atoms with Gasteiger partial charge in [0, 0.05) is 25.1 Å². The number of carbonyl (C=O) groups is 2. The molecule has 1 aliphatic heterocycles. The second-order valence-electron chi connectivity index (χ2n) is 6.63. The van der Waals surface area contributed by atoms with Gasteiger partial charge < -0.3 is 9.64 Å². The molecule has 0 aromatic heterocycles. The zero-order valence-electron chi connectivity index (χ0n) is 13.2. The van der Waals surface area contributed by atoms with Crippen LogP contribution in [-0.4, -0.2) is 31.5 Å². The molecule has 3 rings (SSSR count). The summed E-state index contributed by atoms with van der Waals surface area (Å²) in [6.45, 7) is 0.228. The fourth-order valence-corrected chi connectivity index (χ4v) is 3.94. The minimum absolute atomic E-state index is 0.0416. The number of ether oxygens (including phenoxy) is 1. The van der Waals surface area contributed by atoms with Crippen LogP contribution in [0.4, 0.5) is 18.9 Å². The second-order valence-corrected chi connectivity index (χ2v) is 6.63. The standard InChI is InChI=1S/C17H18F3NO3/c1-24-14(22)11-8-16(10-17(19,20)9-11)5-6-21(15(16)23)13-4-2-3-12(18)7-13/h2-4,7,11H,5-6,8-10H2,1H3. The Kier molecular flexibility index (Phi) is 4.05. The van der Waals surface area contributed by atoms with Gasteiger partial charge in [-0.05, 0) is 31.0 Å². The predicted molar refractivity (Wildman–Crippen MR) is 80.1 cm³/mol. The maximum Gasteiger partial charge on any atom is 0.308 e. The summed E-state index contributed by atoms with van der Waals surface area (Å²) in [5.41, 5.74) is -0.951. The number of hydrogen-bond donors (Lipinski definition) is 0. The summed E-state index contributed by atoms with van der Waals surface area (Å²) in [7, 11) is 1.15. The lowest BCUT2D eigenvalue weighted by molar-refractivity contribution is -0.163. The fourth-order valence-electron chi connectivity index (χ4n) is 3.94. The van der Waals surface area contributed by atoms with Gasteiger partial charge in [0.1, 0.15) is 5.82 Å². The Labute approximate surface area is 137 Å². The summed E-state index contributed by atoms with van der Waals surface area (Å²) >= 11 is 0. The molecule has 1 saturated carbocycles. The van der Waals surface area contributed by atoms with E-state index in [1.165, 1.54) is 23.1 Å². The molecule has 1 saturated heterocycles. The molecule has 1 aliphatic carbocycles. The van der Waals surface area contributed by atoms with Crippen LogP contribution >= 0.6 is 0 Å². The normalized spacial score (nSPS) is 29.1. The number of nitrogens with zero attached hydrogens (tertiary/aromatic N) is 1. The molecule has 1 heterocycles. The lowest BCUT2D eigenvalue weighted by atomic mass is 9.67. The molecule has 1 aromatic carbocycles. The lowest BCUT2D eigenvalue weighted by Gasteiger charge is -2.39. The Balaban J connectivity index is 1.90. The van der Waals surface area contributed by atoms with Gasteiger partial charge >= 0.3 is 5.97 Å². The Bertz CT molecular complexity index is 679. The van der Waals surface area contributed by atoms with Crippen LogP contribution in [0.1, 0.15) is 25.7 Å². The van der Waals surface area contributed by atoms with Crippen LogP contribution in [0.5, 0.6) is 0 Å². The molecule has 0 radical (unpaired) electrons. The van der Waals surface area contributed by atoms with Crippen molar-refractivity contribution in [3.8, 4) is 0 Å². The molecule has 0 N–H and O–H groups in total. The van der Waals surface area contributed by atoms with Gasteiger partial charge in [0.15, 0.2) is 0 Å². The number of esters is 1. The van der Waals surface area contributed by atoms with Crippen molar-refractivity contribution in [3.05, 3.63) is 30.1 Å². The molecule has 1 amide bonds. The lowest BCUT2D eigenvalue weighted by Crippen LogP contribution is -2.47. The summed E-state index contributed by atoms with van der Waals surface area (Å²) in [5.74, 6) is -5.80. The van der Waals surface area contributed by atoms with E-state index >= 15 is 0 Å². The Morgan fingerprint density at radius 3 is 2.75 bits per heavy atom. The van der Waals surface area contributed by atoms with Gasteiger partial charge in [-0.1, -0.05) is 6.07 Å². The zero-order valence-corrected chi connectivity index (χ0v) is 13.2. The van der Waals surface area contributed by atoms with Gasteiger partial charge in [-0.25, -0.2) is 13.2 Å². The Morgan fingerprint density at radius 2 is 2.08 bits per heavy atom. The van der Waals surface area contributed by atoms with E-state index in [9.17, 15) is 22.8 Å². The van der Waals surface area contributed by atoms with Crippen LogP contribution < -0.4 is 4.90 Å². The third-order valence-electron chi connectivity index (χ3n) is 4.95. The van der Waals surface area contributed by atoms with E-state index < -0.39 is 47.8 Å². The zero-order chi connectivity index (χ0) is 17.5. The highest BCUT2D eigenvalue weighted by Gasteiger charge is 2.58. The van der Waals surface area contributed by atoms with E-state index in [1.807, 2.05) is 0 Å². The van der Waals surface area contributed by atoms with E-state index in [2.05, 4.69) is 4.74 Å². The first-order valence-corrected chi connectivity index (χ1v) is 7.80. The monoisotopic (exact) mass is 341 g/mol. The maximum absolute atomic E-state index is 14.2. The third-order valence-corrected chi connectivity index (χ3v) is 4.95. The van der Waals surface area contributed by atoms with Crippen LogP contribution in [0.2, 0.25) is 0 Å². The molecule has 2 atom stereocenters. The van der Waals surface area contributed by atoms with Gasteiger partial charge in [0.2, 0.25) is 11.8 Å². The molecule has 0 bridgehead atoms. The van der Waals surface area contributed by atoms with Crippen molar-refractivity contribution in [1.29, 1.82) is 0 Å². The highest BCUT2D eigenvalue weighted by Crippen LogP contribution is 2.53. The minimum Gasteiger partial charge on any atom is -0.469 e. The minimum atomic E-state index is -3.11. The van der Waals surface area contributed by atoms with Crippen molar-refractivity contribution in [2.45, 2.75) is 31.6 Å². The molecule has 130 valence electrons. The molecule has 24 heavy (non-hydrogen) atoms. The summed E-state index contributed by atoms with van der Waals surface area (Å²) < 4.78 is 46.4. The van der Waals surface area contributed by atoms with Crippen molar-refractivity contribution in [3.63, 3.8) is 0 Å². The van der Waals surface area contributed by atoms with Crippen LogP contribution in [0.25, 0.3) is 0 Å². The molecular formula is C17H18F3NO3. The average Bonchev–Trinajstić information content (AvgIpc) is 2.81. The van der Waals surface area contributed by atoms with Crippen molar-refractivity contribution in [1.82, 2.24) is 0 Å². The van der Waals surface area contributed by atoms with Crippen LogP contribution in [0, 0.1) is 17.2 Å². The van der Waals surface area contributed by atoms with Gasteiger partial charge in [-0.15, -0.1) is 0 Å². The number of amides is 1. The van der Waals surface area contributed by atoms with E-state index in [0.717, 1.165) is 7.11 Å². The Morgan fingerprint density at radius 1 is 1.33 bits per heavy atom. The molecule has 2 unspecified atom stereocenters. The molecule has 1 aromatic rings. The molecule has 7 heteroatoms. The Hall–Kier alpha value is -2.05. The van der Waals surface area contributed by atoms with Gasteiger partial charge in [0.25, 0.3) is 0 Å². The van der Waals surface area contributed by atoms with Crippen LogP contribution in [0.15, 0.2) is 24.3 Å². The third kappa shape index (κ3) is 2.87. The number of anilines is 1. The summed E-state index contributed by atoms with van der Waals surface area (Å²) in [5, 5.41) is 0. The quantitative estimate of drug-likeness (QED) is 0.777. The van der Waals surface area contributed by atoms with Gasteiger partial charge in [0.05, 0.1) is 18.4 Å². The first-order valence-electron chi connectivity index (χ1n) is 7.80. The number of hydrogen-bond acceptors (Lipinski definition) is 3. The molecule has 2 fully saturated rings. The summed E-state index contributed by atoms with van der Waals surface area (Å²) in [6.07, 6.45) is -0.932. The molecule has 1 spiro atoms. The number of benzene rings is 1. The van der Waals surface area contributed by atoms with Crippen molar-refractivity contribution in [2.24, 2.45) is 11.3 Å². The van der Waals surface area contributed by atoms with E-state index in [4.69, 9.17) is 0 Å². The number of methoxy groups -OCH3 is 1. The first-order chi connectivity index (χ1) is 11.3. The van der Waals surface area contributed by atoms with E-state index in [1.54, 1.807) is 6.07 Å². The van der Waals surface area contributed by atoms with Crippen LogP contribution in [0.3, 0.4) is 0 Å². The highest BCUT2D eigenvalue weighted by molar-refractivity contribution is 6.00. The summed E-state index contributed by atoms with van der Waals surface area (Å²) in [4.78, 5) is 26.0. The first kappa shape index (κ1) is 16.8. The topological polar surface area (TPSA) is 46.6 Å². The number of halogens is 3. The summed E-state index contributed by atoms with van der Waals surface area (Å²) in [6, 6.07) is 5.49. The van der Waals surface area contributed by atoms with Crippen molar-refractivity contribution >= 4 is 17.6 Å². The number of rotatable bonds is 2. The molecular weight excluding hydrogens is 323 g/mol. The van der Waals surface area contributed by atoms with E-state index in [-0.39, 0.29) is 19.4 Å². The fraction of sp³-hybridized carbons (Fsp3) is 0.529. The van der Waals surface area contributed by atoms with Crippen LogP contribution in [-0.2, 0) is 14.3 Å². The number of alkyl halides is 2. The predicted octanol–water partition coefficient (Wildman–Crippen LogP) is 3.16. The van der Waals surface area contributed by atoms with Crippen molar-refractivity contribution in [2.75, 3.05) is 18.6 Å². The van der Waals surface area contributed by atoms with Crippen molar-refractivity contribution < 1.29 is 27.5 Å². The molecule has 4 nitrogen and oxygen atoms in total. The largest absolute Gasteiger partial charge is 0.469 e. The second kappa shape index (κ2) is 5.79. The number of carbonyl (C=O) groups excluding carboxylic acids is 2. The smallest absolute Gasteiger partial charge is 0.308 e. The SMILES string of the molecule is COC(=O)C1CC(F)(F)CC2(CCN(c3cccc(F)c3)C2=O)C1. The highest BCUT2D eigenvalue weighted by atomic mass is 19.3. The van der Waals surface area contributed by atoms with E-state index in [0.29, 0.717) is 5.69 Å². The molecule has 2 aliphatic rings. The van der Waals surface area contributed by atoms with Gasteiger partial charge in [-0.3, -0.25) is 9.59 Å². The maximum atomic E-state index is 14.2.